The molecular formula is C20H20BrN5O3S2. The number of hydrogen-bond donors (Lipinski definition) is 2. The maximum Gasteiger partial charge on any atom is 0.241 e. The van der Waals surface area contributed by atoms with Crippen molar-refractivity contribution in [2.45, 2.75) is 19.8 Å². The lowest BCUT2D eigenvalue weighted by molar-refractivity contribution is -0.115. The van der Waals surface area contributed by atoms with Gasteiger partial charge in [0.25, 0.3) is 0 Å². The molecule has 2 N–H and O–H groups in total. The van der Waals surface area contributed by atoms with Crippen LogP contribution >= 0.6 is 27.3 Å². The van der Waals surface area contributed by atoms with Crippen molar-refractivity contribution in [2.24, 2.45) is 0 Å². The molecule has 1 amide bonds. The Balaban J connectivity index is 1.42. The average Bonchev–Trinajstić information content (AvgIpc) is 3.27. The minimum atomic E-state index is -3.35. The molecule has 162 valence electrons. The molecule has 1 saturated heterocycles. The first-order chi connectivity index (χ1) is 14.8. The number of amides is 1. The molecule has 31 heavy (non-hydrogen) atoms. The molecule has 1 aromatic carbocycles. The van der Waals surface area contributed by atoms with Crippen LogP contribution in [0.15, 0.2) is 46.3 Å². The Labute approximate surface area is 192 Å². The van der Waals surface area contributed by atoms with Crippen LogP contribution in [0.2, 0.25) is 0 Å². The number of rotatable bonds is 6. The van der Waals surface area contributed by atoms with E-state index in [4.69, 9.17) is 0 Å². The van der Waals surface area contributed by atoms with Crippen molar-refractivity contribution in [2.75, 3.05) is 27.2 Å². The zero-order valence-corrected chi connectivity index (χ0v) is 19.8. The summed E-state index contributed by atoms with van der Waals surface area (Å²) >= 11 is 4.92. The normalized spacial score (nSPS) is 15.1. The summed E-state index contributed by atoms with van der Waals surface area (Å²) in [6.07, 6.45) is 0.887. The molecule has 0 unspecified atom stereocenters. The van der Waals surface area contributed by atoms with E-state index >= 15 is 0 Å². The minimum Gasteiger partial charge on any atom is -0.340 e. The summed E-state index contributed by atoms with van der Waals surface area (Å²) in [6, 6.07) is 10.9. The number of carbonyl (C=O) groups excluding carboxylic acids is 1. The molecule has 11 heteroatoms. The second-order valence-corrected chi connectivity index (χ2v) is 11.0. The Morgan fingerprint density at radius 2 is 1.94 bits per heavy atom. The molecule has 3 heterocycles. The van der Waals surface area contributed by atoms with E-state index in [9.17, 15) is 13.2 Å². The van der Waals surface area contributed by atoms with Crippen LogP contribution < -0.4 is 14.9 Å². The number of benzene rings is 1. The number of thiophene rings is 1. The first kappa shape index (κ1) is 21.7. The molecular weight excluding hydrogens is 502 g/mol. The van der Waals surface area contributed by atoms with Crippen molar-refractivity contribution in [1.29, 1.82) is 0 Å². The number of halogens is 1. The first-order valence-electron chi connectivity index (χ1n) is 9.54. The van der Waals surface area contributed by atoms with Crippen LogP contribution in [-0.4, -0.2) is 36.6 Å². The largest absolute Gasteiger partial charge is 0.340 e. The molecule has 0 spiro atoms. The van der Waals surface area contributed by atoms with Gasteiger partial charge in [-0.3, -0.25) is 4.79 Å². The number of aromatic nitrogens is 2. The Kier molecular flexibility index (Phi) is 6.26. The summed E-state index contributed by atoms with van der Waals surface area (Å²) in [7, 11) is -3.35. The number of carbonyl (C=O) groups is 1. The third-order valence-corrected chi connectivity index (χ3v) is 8.08. The number of sulfonamides is 1. The standard InChI is InChI=1S/C20H20BrN5O3S2/c1-13-9-18(25-20(22-13)26-7-2-8-31(26,28)29)23-15-3-5-16(6-4-15)24-19(27)11-17-10-14(21)12-30-17/h3-6,9-10,12H,2,7-8,11H2,1H3,(H,24,27)(H,22,23,25). The van der Waals surface area contributed by atoms with Gasteiger partial charge >= 0.3 is 0 Å². The van der Waals surface area contributed by atoms with Gasteiger partial charge in [-0.05, 0) is 59.6 Å². The van der Waals surface area contributed by atoms with Gasteiger partial charge in [0.05, 0.1) is 12.2 Å². The van der Waals surface area contributed by atoms with Crippen LogP contribution in [0, 0.1) is 6.92 Å². The number of nitrogens with zero attached hydrogens (tertiary/aromatic N) is 3. The molecule has 1 aliphatic heterocycles. The van der Waals surface area contributed by atoms with E-state index in [2.05, 4.69) is 36.5 Å². The van der Waals surface area contributed by atoms with Gasteiger partial charge in [-0.2, -0.15) is 4.98 Å². The second kappa shape index (κ2) is 8.93. The van der Waals surface area contributed by atoms with Crippen molar-refractivity contribution in [3.63, 3.8) is 0 Å². The lowest BCUT2D eigenvalue weighted by Gasteiger charge is -2.16. The lowest BCUT2D eigenvalue weighted by Crippen LogP contribution is -2.27. The number of hydrogen-bond acceptors (Lipinski definition) is 7. The molecule has 1 aliphatic rings. The molecule has 0 aliphatic carbocycles. The van der Waals surface area contributed by atoms with Gasteiger partial charge in [-0.1, -0.05) is 0 Å². The van der Waals surface area contributed by atoms with E-state index in [1.807, 2.05) is 23.6 Å². The summed E-state index contributed by atoms with van der Waals surface area (Å²) in [5, 5.41) is 8.00. The van der Waals surface area contributed by atoms with Gasteiger partial charge in [-0.15, -0.1) is 11.3 Å². The smallest absolute Gasteiger partial charge is 0.241 e. The topological polar surface area (TPSA) is 104 Å². The third kappa shape index (κ3) is 5.41. The minimum absolute atomic E-state index is 0.0852. The van der Waals surface area contributed by atoms with Crippen LogP contribution in [0.5, 0.6) is 0 Å². The van der Waals surface area contributed by atoms with Gasteiger partial charge < -0.3 is 10.6 Å². The Bertz CT molecular complexity index is 1210. The van der Waals surface area contributed by atoms with E-state index in [1.54, 1.807) is 25.1 Å². The molecule has 0 saturated carbocycles. The Morgan fingerprint density at radius 1 is 1.19 bits per heavy atom. The summed E-state index contributed by atoms with van der Waals surface area (Å²) in [6.45, 7) is 2.19. The predicted octanol–water partition coefficient (Wildman–Crippen LogP) is 4.07. The van der Waals surface area contributed by atoms with E-state index in [0.29, 0.717) is 36.6 Å². The second-order valence-electron chi connectivity index (χ2n) is 7.09. The molecule has 3 aromatic rings. The highest BCUT2D eigenvalue weighted by Crippen LogP contribution is 2.25. The van der Waals surface area contributed by atoms with Crippen LogP contribution in [0.25, 0.3) is 0 Å². The van der Waals surface area contributed by atoms with E-state index in [-0.39, 0.29) is 17.6 Å². The molecule has 8 nitrogen and oxygen atoms in total. The predicted molar refractivity (Wildman–Crippen MR) is 127 cm³/mol. The third-order valence-electron chi connectivity index (χ3n) is 4.56. The van der Waals surface area contributed by atoms with Crippen molar-refractivity contribution in [3.8, 4) is 0 Å². The maximum atomic E-state index is 12.2. The highest BCUT2D eigenvalue weighted by Gasteiger charge is 2.30. The fourth-order valence-electron chi connectivity index (χ4n) is 3.19. The summed E-state index contributed by atoms with van der Waals surface area (Å²) in [4.78, 5) is 21.9. The maximum absolute atomic E-state index is 12.2. The van der Waals surface area contributed by atoms with Crippen LogP contribution in [-0.2, 0) is 21.2 Å². The van der Waals surface area contributed by atoms with Crippen molar-refractivity contribution in [3.05, 3.63) is 56.8 Å². The fraction of sp³-hybridized carbons (Fsp3) is 0.250. The SMILES string of the molecule is Cc1cc(Nc2ccc(NC(=O)Cc3cc(Br)cs3)cc2)nc(N2CCCS2(=O)=O)n1. The van der Waals surface area contributed by atoms with Crippen molar-refractivity contribution in [1.82, 2.24) is 9.97 Å². The Hall–Kier alpha value is -2.50. The number of aryl methyl sites for hydroxylation is 1. The van der Waals surface area contributed by atoms with Crippen LogP contribution in [0.1, 0.15) is 17.0 Å². The fourth-order valence-corrected chi connectivity index (χ4v) is 6.09. The monoisotopic (exact) mass is 521 g/mol. The highest BCUT2D eigenvalue weighted by atomic mass is 79.9. The summed E-state index contributed by atoms with van der Waals surface area (Å²) < 4.78 is 26.6. The Morgan fingerprint density at radius 3 is 2.58 bits per heavy atom. The van der Waals surface area contributed by atoms with Gasteiger partial charge in [0.2, 0.25) is 21.9 Å². The van der Waals surface area contributed by atoms with E-state index in [0.717, 1.165) is 15.0 Å². The highest BCUT2D eigenvalue weighted by molar-refractivity contribution is 9.10. The molecule has 0 bridgehead atoms. The van der Waals surface area contributed by atoms with E-state index < -0.39 is 10.0 Å². The number of nitrogens with one attached hydrogen (secondary N) is 2. The zero-order valence-electron chi connectivity index (χ0n) is 16.6. The van der Waals surface area contributed by atoms with Crippen molar-refractivity contribution >= 4 is 66.3 Å². The van der Waals surface area contributed by atoms with Crippen molar-refractivity contribution < 1.29 is 13.2 Å². The van der Waals surface area contributed by atoms with Gasteiger partial charge in [0, 0.05) is 44.4 Å². The van der Waals surface area contributed by atoms with Gasteiger partial charge in [-0.25, -0.2) is 17.7 Å². The lowest BCUT2D eigenvalue weighted by atomic mass is 10.2. The van der Waals surface area contributed by atoms with Gasteiger partial charge in [0.1, 0.15) is 5.82 Å². The zero-order chi connectivity index (χ0) is 22.0. The quantitative estimate of drug-likeness (QED) is 0.506. The van der Waals surface area contributed by atoms with E-state index in [1.165, 1.54) is 15.6 Å². The first-order valence-corrected chi connectivity index (χ1v) is 12.8. The van der Waals surface area contributed by atoms with Crippen LogP contribution in [0.3, 0.4) is 0 Å². The summed E-state index contributed by atoms with van der Waals surface area (Å²) in [5.74, 6) is 0.719. The molecule has 0 atom stereocenters. The van der Waals surface area contributed by atoms with Crippen LogP contribution in [0.4, 0.5) is 23.1 Å². The molecule has 1 fully saturated rings. The molecule has 0 radical (unpaired) electrons. The molecule has 4 rings (SSSR count). The summed E-state index contributed by atoms with van der Waals surface area (Å²) in [5.41, 5.74) is 2.11. The van der Waals surface area contributed by atoms with Gasteiger partial charge in [0.15, 0.2) is 0 Å². The molecule has 2 aromatic heterocycles. The number of anilines is 4. The average molecular weight is 522 g/mol.